The summed E-state index contributed by atoms with van der Waals surface area (Å²) in [7, 11) is 2.96. The highest BCUT2D eigenvalue weighted by Crippen LogP contribution is 2.45. The molecule has 0 amide bonds. The lowest BCUT2D eigenvalue weighted by atomic mass is 10.2. The summed E-state index contributed by atoms with van der Waals surface area (Å²) in [5.74, 6) is 0. The van der Waals surface area contributed by atoms with Crippen molar-refractivity contribution in [3.05, 3.63) is 0 Å². The van der Waals surface area contributed by atoms with Crippen LogP contribution in [0.15, 0.2) is 0 Å². The Kier molecular flexibility index (Phi) is 8.61. The van der Waals surface area contributed by atoms with E-state index in [-0.39, 0.29) is 19.5 Å². The van der Waals surface area contributed by atoms with Gasteiger partial charge < -0.3 is 23.6 Å². The second-order valence-electron chi connectivity index (χ2n) is 6.59. The van der Waals surface area contributed by atoms with Crippen LogP contribution in [0.4, 0.5) is 0 Å². The lowest BCUT2D eigenvalue weighted by Crippen LogP contribution is -2.44. The lowest BCUT2D eigenvalue weighted by molar-refractivity contribution is -0.913. The van der Waals surface area contributed by atoms with Gasteiger partial charge in [-0.05, 0) is 19.3 Å². The van der Waals surface area contributed by atoms with Gasteiger partial charge in [-0.15, -0.1) is 0 Å². The zero-order chi connectivity index (χ0) is 17.5. The van der Waals surface area contributed by atoms with Gasteiger partial charge in [0.25, 0.3) is 0 Å². The molecule has 4 atom stereocenters. The van der Waals surface area contributed by atoms with E-state index >= 15 is 0 Å². The van der Waals surface area contributed by atoms with Gasteiger partial charge in [-0.1, -0.05) is 0 Å². The molecule has 8 nitrogen and oxygen atoms in total. The Balaban J connectivity index is 2.47. The van der Waals surface area contributed by atoms with Crippen LogP contribution in [0.2, 0.25) is 0 Å². The smallest absolute Gasteiger partial charge is 0.382 e. The molecule has 0 spiro atoms. The van der Waals surface area contributed by atoms with Gasteiger partial charge in [0.1, 0.15) is 6.10 Å². The molecule has 1 aliphatic rings. The second-order valence-corrected chi connectivity index (χ2v) is 8.00. The first-order chi connectivity index (χ1) is 10.6. The summed E-state index contributed by atoms with van der Waals surface area (Å²) < 4.78 is 38.9. The maximum absolute atomic E-state index is 12.0. The van der Waals surface area contributed by atoms with E-state index in [9.17, 15) is 9.46 Å². The third-order valence-corrected chi connectivity index (χ3v) is 4.68. The molecule has 0 aliphatic carbocycles. The quantitative estimate of drug-likeness (QED) is 0.362. The molecule has 9 heteroatoms. The van der Waals surface area contributed by atoms with Crippen LogP contribution in [0.25, 0.3) is 0 Å². The van der Waals surface area contributed by atoms with Crippen molar-refractivity contribution < 1.29 is 37.2 Å². The van der Waals surface area contributed by atoms with E-state index in [0.29, 0.717) is 11.1 Å². The van der Waals surface area contributed by atoms with Crippen molar-refractivity contribution in [1.29, 1.82) is 0 Å². The molecule has 138 valence electrons. The summed E-state index contributed by atoms with van der Waals surface area (Å²) >= 11 is 0. The minimum absolute atomic E-state index is 0.106. The highest BCUT2D eigenvalue weighted by molar-refractivity contribution is 7.47. The summed E-state index contributed by atoms with van der Waals surface area (Å²) in [4.78, 5) is 9.84. The van der Waals surface area contributed by atoms with Crippen LogP contribution in [-0.2, 0) is 27.8 Å². The minimum Gasteiger partial charge on any atom is -0.382 e. The van der Waals surface area contributed by atoms with Crippen molar-refractivity contribution in [2.45, 2.75) is 44.8 Å². The van der Waals surface area contributed by atoms with Gasteiger partial charge in [0, 0.05) is 20.6 Å². The lowest BCUT2D eigenvalue weighted by Gasteiger charge is -2.32. The zero-order valence-corrected chi connectivity index (χ0v) is 15.7. The Morgan fingerprint density at radius 2 is 2.00 bits per heavy atom. The van der Waals surface area contributed by atoms with E-state index in [1.807, 2.05) is 21.1 Å². The number of quaternary nitrogens is 1. The molecule has 0 radical (unpaired) electrons. The number of nitrogens with zero attached hydrogens (tertiary/aromatic N) is 1. The fourth-order valence-corrected chi connectivity index (χ4v) is 2.97. The molecular weight excluding hydrogens is 325 g/mol. The summed E-state index contributed by atoms with van der Waals surface area (Å²) in [6.45, 7) is 2.51. The van der Waals surface area contributed by atoms with Crippen LogP contribution in [0.3, 0.4) is 0 Å². The van der Waals surface area contributed by atoms with Crippen molar-refractivity contribution in [2.24, 2.45) is 0 Å². The Hall–Kier alpha value is -0.0500. The predicted octanol–water partition coefficient (Wildman–Crippen LogP) is 1.73. The van der Waals surface area contributed by atoms with Crippen molar-refractivity contribution >= 4 is 7.82 Å². The maximum Gasteiger partial charge on any atom is 0.476 e. The molecule has 1 rings (SSSR count). The number of methoxy groups -OCH3 is 1. The number of ether oxygens (including phenoxy) is 3. The van der Waals surface area contributed by atoms with Crippen molar-refractivity contribution in [3.8, 4) is 0 Å². The molecule has 1 N–H and O–H groups in total. The van der Waals surface area contributed by atoms with Crippen LogP contribution in [-0.4, -0.2) is 76.1 Å². The van der Waals surface area contributed by atoms with E-state index in [1.54, 1.807) is 6.92 Å². The fourth-order valence-electron chi connectivity index (χ4n) is 1.89. The summed E-state index contributed by atoms with van der Waals surface area (Å²) in [5, 5.41) is 0. The molecule has 1 saturated heterocycles. The average molecular weight is 356 g/mol. The largest absolute Gasteiger partial charge is 0.476 e. The Morgan fingerprint density at radius 3 is 2.52 bits per heavy atom. The maximum atomic E-state index is 12.0. The number of hydrogen-bond acceptors (Lipinski definition) is 6. The summed E-state index contributed by atoms with van der Waals surface area (Å²) in [6, 6.07) is 0. The Morgan fingerprint density at radius 1 is 1.30 bits per heavy atom. The number of phosphoric acid groups is 1. The number of hydrogen-bond donors (Lipinski definition) is 1. The Bertz CT molecular complexity index is 382. The van der Waals surface area contributed by atoms with E-state index in [1.165, 1.54) is 7.11 Å². The summed E-state index contributed by atoms with van der Waals surface area (Å²) in [6.07, 6.45) is 1.55. The predicted molar refractivity (Wildman–Crippen MR) is 84.7 cm³/mol. The van der Waals surface area contributed by atoms with Gasteiger partial charge in [-0.2, -0.15) is 0 Å². The van der Waals surface area contributed by atoms with Crippen molar-refractivity contribution in [3.63, 3.8) is 0 Å². The first kappa shape index (κ1) is 21.0. The van der Waals surface area contributed by atoms with Crippen LogP contribution in [0, 0.1) is 0 Å². The van der Waals surface area contributed by atoms with Gasteiger partial charge in [-0.3, -0.25) is 4.52 Å². The molecular formula is C14H31NO7P+. The second kappa shape index (κ2) is 9.44. The molecule has 1 fully saturated rings. The third-order valence-electron chi connectivity index (χ3n) is 3.63. The minimum atomic E-state index is -4.17. The molecule has 0 aromatic carbocycles. The molecule has 1 heterocycles. The number of phosphoric ester groups is 1. The third kappa shape index (κ3) is 8.56. The van der Waals surface area contributed by atoms with Gasteiger partial charge in [0.2, 0.25) is 6.23 Å². The highest BCUT2D eigenvalue weighted by atomic mass is 31.2. The first-order valence-electron chi connectivity index (χ1n) is 7.87. The van der Waals surface area contributed by atoms with Crippen LogP contribution < -0.4 is 0 Å². The topological polar surface area (TPSA) is 83.5 Å². The van der Waals surface area contributed by atoms with Crippen molar-refractivity contribution in [2.75, 3.05) is 48.1 Å². The average Bonchev–Trinajstić information content (AvgIpc) is 2.45. The standard InChI is InChI=1S/C14H30NO7P/c1-12(15(2,3)4)22-23(16,17)20-11-13(10-18-5)21-14-8-6-7-9-19-14/h12-14H,6-11H2,1-5H3/p+1. The van der Waals surface area contributed by atoms with Gasteiger partial charge in [-0.25, -0.2) is 9.09 Å². The molecule has 23 heavy (non-hydrogen) atoms. The van der Waals surface area contributed by atoms with Gasteiger partial charge in [0.15, 0.2) is 6.29 Å². The first-order valence-corrected chi connectivity index (χ1v) is 9.36. The van der Waals surface area contributed by atoms with Gasteiger partial charge in [0.05, 0.1) is 34.4 Å². The van der Waals surface area contributed by atoms with Crippen LogP contribution >= 0.6 is 7.82 Å². The normalized spacial score (nSPS) is 24.9. The molecule has 0 aromatic heterocycles. The van der Waals surface area contributed by atoms with E-state index in [0.717, 1.165) is 19.3 Å². The molecule has 0 bridgehead atoms. The fraction of sp³-hybridized carbons (Fsp3) is 1.00. The van der Waals surface area contributed by atoms with Gasteiger partial charge >= 0.3 is 7.82 Å². The van der Waals surface area contributed by atoms with E-state index < -0.39 is 20.2 Å². The number of rotatable bonds is 10. The molecule has 0 saturated carbocycles. The SMILES string of the molecule is COCC(COP(=O)(O)OC(C)[N+](C)(C)C)OC1CCCCO1. The summed E-state index contributed by atoms with van der Waals surface area (Å²) in [5.41, 5.74) is 0. The molecule has 1 aliphatic heterocycles. The molecule has 4 unspecified atom stereocenters. The van der Waals surface area contributed by atoms with E-state index in [2.05, 4.69) is 0 Å². The van der Waals surface area contributed by atoms with Crippen LogP contribution in [0.1, 0.15) is 26.2 Å². The van der Waals surface area contributed by atoms with Crippen LogP contribution in [0.5, 0.6) is 0 Å². The Labute approximate surface area is 138 Å². The van der Waals surface area contributed by atoms with E-state index in [4.69, 9.17) is 23.3 Å². The highest BCUT2D eigenvalue weighted by Gasteiger charge is 2.32. The zero-order valence-electron chi connectivity index (χ0n) is 14.8. The van der Waals surface area contributed by atoms with Crippen molar-refractivity contribution in [1.82, 2.24) is 0 Å². The molecule has 0 aromatic rings. The monoisotopic (exact) mass is 356 g/mol.